The number of hydrogen-bond donors (Lipinski definition) is 2. The lowest BCUT2D eigenvalue weighted by atomic mass is 9.96. The van der Waals surface area contributed by atoms with Crippen LogP contribution in [0.15, 0.2) is 83.9 Å². The third-order valence-electron chi connectivity index (χ3n) is 7.68. The van der Waals surface area contributed by atoms with Crippen LogP contribution < -0.4 is 4.72 Å². The Bertz CT molecular complexity index is 1520. The summed E-state index contributed by atoms with van der Waals surface area (Å²) in [6.45, 7) is 6.48. The molecule has 0 saturated heterocycles. The number of hydrogen-bond acceptors (Lipinski definition) is 5. The normalized spacial score (nSPS) is 13.5. The molecule has 0 aliphatic heterocycles. The highest BCUT2D eigenvalue weighted by molar-refractivity contribution is 7.89. The topological polar surface area (TPSA) is 108 Å². The Hall–Kier alpha value is -3.53. The average molecular weight is 563 g/mol. The van der Waals surface area contributed by atoms with Gasteiger partial charge in [0.25, 0.3) is 5.69 Å². The maximum Gasteiger partial charge on any atom is 0.269 e. The van der Waals surface area contributed by atoms with Gasteiger partial charge in [0, 0.05) is 35.8 Å². The van der Waals surface area contributed by atoms with Gasteiger partial charge in [0.15, 0.2) is 0 Å². The largest absolute Gasteiger partial charge is 0.361 e. The van der Waals surface area contributed by atoms with E-state index in [1.165, 1.54) is 0 Å². The summed E-state index contributed by atoms with van der Waals surface area (Å²) in [6.07, 6.45) is 4.46. The van der Waals surface area contributed by atoms with E-state index in [2.05, 4.69) is 35.5 Å². The minimum absolute atomic E-state index is 0.116. The van der Waals surface area contributed by atoms with E-state index in [0.717, 1.165) is 53.5 Å². The summed E-state index contributed by atoms with van der Waals surface area (Å²) in [4.78, 5) is 16.3. The van der Waals surface area contributed by atoms with Crippen molar-refractivity contribution in [2.75, 3.05) is 26.7 Å². The van der Waals surface area contributed by atoms with Crippen LogP contribution in [0.2, 0.25) is 0 Å². The highest BCUT2D eigenvalue weighted by Gasteiger charge is 2.16. The molecule has 1 aromatic heterocycles. The van der Waals surface area contributed by atoms with Gasteiger partial charge in [-0.2, -0.15) is 0 Å². The Labute approximate surface area is 236 Å². The molecule has 0 bridgehead atoms. The number of non-ortho nitro benzene ring substituents is 1. The van der Waals surface area contributed by atoms with Crippen LogP contribution in [-0.2, 0) is 16.4 Å². The number of H-pyrrole nitrogens is 1. The number of nitrogens with zero attached hydrogens (tertiary/aromatic N) is 2. The van der Waals surface area contributed by atoms with E-state index in [-0.39, 0.29) is 15.5 Å². The molecule has 8 nitrogen and oxygen atoms in total. The van der Waals surface area contributed by atoms with Crippen molar-refractivity contribution in [3.05, 3.63) is 106 Å². The number of nitro benzene ring substituents is 1. The van der Waals surface area contributed by atoms with E-state index in [0.29, 0.717) is 24.8 Å². The third kappa shape index (κ3) is 7.56. The van der Waals surface area contributed by atoms with E-state index in [9.17, 15) is 18.5 Å². The summed E-state index contributed by atoms with van der Waals surface area (Å²) in [5.74, 6) is 0.604. The van der Waals surface area contributed by atoms with Gasteiger partial charge < -0.3 is 9.88 Å². The summed E-state index contributed by atoms with van der Waals surface area (Å²) in [7, 11) is -1.48. The molecule has 0 radical (unpaired) electrons. The molecule has 0 aliphatic rings. The van der Waals surface area contributed by atoms with Crippen molar-refractivity contribution >= 4 is 26.6 Å². The molecule has 0 saturated carbocycles. The smallest absolute Gasteiger partial charge is 0.269 e. The molecule has 2 atom stereocenters. The lowest BCUT2D eigenvalue weighted by Crippen LogP contribution is -2.26. The van der Waals surface area contributed by atoms with Crippen LogP contribution in [0.25, 0.3) is 10.9 Å². The fraction of sp³-hybridized carbons (Fsp3) is 0.355. The zero-order valence-corrected chi connectivity index (χ0v) is 24.2. The molecule has 0 amide bonds. The predicted molar refractivity (Wildman–Crippen MR) is 160 cm³/mol. The first kappa shape index (κ1) is 29.5. The van der Waals surface area contributed by atoms with E-state index in [1.54, 1.807) is 24.3 Å². The zero-order chi connectivity index (χ0) is 28.7. The van der Waals surface area contributed by atoms with Gasteiger partial charge in [-0.15, -0.1) is 0 Å². The minimum Gasteiger partial charge on any atom is -0.361 e. The molecule has 4 rings (SSSR count). The number of nitrogens with one attached hydrogen (secondary N) is 2. The summed E-state index contributed by atoms with van der Waals surface area (Å²) in [5, 5.41) is 12.0. The third-order valence-corrected chi connectivity index (χ3v) is 9.16. The maximum atomic E-state index is 12.8. The SMILES string of the molecule is C[C@H](CCN(C)CC[C@@H](C)c1ccc(S(=O)(=O)NCCc2c[nH]c3ccccc23)cc1)c1ccc([N+](=O)[O-])cc1. The number of para-hydroxylation sites is 1. The first-order valence-corrected chi connectivity index (χ1v) is 15.2. The second-order valence-electron chi connectivity index (χ2n) is 10.6. The van der Waals surface area contributed by atoms with Gasteiger partial charge in [-0.05, 0) is 86.1 Å². The molecule has 3 aromatic carbocycles. The first-order valence-electron chi connectivity index (χ1n) is 13.7. The van der Waals surface area contributed by atoms with Gasteiger partial charge in [0.2, 0.25) is 10.0 Å². The van der Waals surface area contributed by atoms with Crippen molar-refractivity contribution in [1.82, 2.24) is 14.6 Å². The van der Waals surface area contributed by atoms with Crippen LogP contribution >= 0.6 is 0 Å². The molecule has 0 unspecified atom stereocenters. The molecule has 1 heterocycles. The summed E-state index contributed by atoms with van der Waals surface area (Å²) < 4.78 is 28.4. The van der Waals surface area contributed by atoms with Gasteiger partial charge in [-0.1, -0.05) is 56.3 Å². The van der Waals surface area contributed by atoms with Crippen LogP contribution in [0.1, 0.15) is 55.2 Å². The average Bonchev–Trinajstić information content (AvgIpc) is 3.37. The number of fused-ring (bicyclic) bond motifs is 1. The monoisotopic (exact) mass is 562 g/mol. The van der Waals surface area contributed by atoms with E-state index >= 15 is 0 Å². The summed E-state index contributed by atoms with van der Waals surface area (Å²) in [6, 6.07) is 22.0. The molecular weight excluding hydrogens is 524 g/mol. The van der Waals surface area contributed by atoms with Gasteiger partial charge in [-0.25, -0.2) is 13.1 Å². The van der Waals surface area contributed by atoms with E-state index < -0.39 is 10.0 Å². The van der Waals surface area contributed by atoms with Crippen molar-refractivity contribution in [2.45, 2.75) is 49.8 Å². The molecule has 0 fully saturated rings. The lowest BCUT2D eigenvalue weighted by molar-refractivity contribution is -0.384. The molecule has 212 valence electrons. The Morgan fingerprint density at radius 3 is 2.08 bits per heavy atom. The van der Waals surface area contributed by atoms with Gasteiger partial charge >= 0.3 is 0 Å². The van der Waals surface area contributed by atoms with Gasteiger partial charge in [0.05, 0.1) is 9.82 Å². The van der Waals surface area contributed by atoms with Gasteiger partial charge in [-0.3, -0.25) is 10.1 Å². The summed E-state index contributed by atoms with van der Waals surface area (Å²) >= 11 is 0. The number of benzene rings is 3. The quantitative estimate of drug-likeness (QED) is 0.140. The van der Waals surface area contributed by atoms with Crippen molar-refractivity contribution in [3.8, 4) is 0 Å². The van der Waals surface area contributed by atoms with Crippen LogP contribution in [0.4, 0.5) is 5.69 Å². The van der Waals surface area contributed by atoms with Crippen LogP contribution in [0, 0.1) is 10.1 Å². The Kier molecular flexibility index (Phi) is 9.73. The second-order valence-corrected chi connectivity index (χ2v) is 12.4. The second kappa shape index (κ2) is 13.2. The van der Waals surface area contributed by atoms with Gasteiger partial charge in [0.1, 0.15) is 0 Å². The number of aromatic amines is 1. The summed E-state index contributed by atoms with van der Waals surface area (Å²) in [5.41, 5.74) is 4.48. The number of rotatable bonds is 14. The molecular formula is C31H38N4O4S. The molecule has 0 aliphatic carbocycles. The van der Waals surface area contributed by atoms with Crippen LogP contribution in [0.3, 0.4) is 0 Å². The Morgan fingerprint density at radius 2 is 1.48 bits per heavy atom. The molecule has 4 aromatic rings. The van der Waals surface area contributed by atoms with E-state index in [1.807, 2.05) is 54.7 Å². The highest BCUT2D eigenvalue weighted by Crippen LogP contribution is 2.24. The number of nitro groups is 1. The number of sulfonamides is 1. The lowest BCUT2D eigenvalue weighted by Gasteiger charge is -2.21. The van der Waals surface area contributed by atoms with Crippen molar-refractivity contribution < 1.29 is 13.3 Å². The standard InChI is InChI=1S/C31H38N4O4S/c1-23(25-8-12-28(13-9-25)35(36)37)17-20-34(3)21-18-24(2)26-10-14-29(15-11-26)40(38,39)33-19-16-27-22-32-31-7-5-4-6-30(27)31/h4-15,22-24,32-33H,16-21H2,1-3H3/t23-,24-/m1/s1. The fourth-order valence-corrected chi connectivity index (χ4v) is 5.95. The van der Waals surface area contributed by atoms with Crippen LogP contribution in [0.5, 0.6) is 0 Å². The highest BCUT2D eigenvalue weighted by atomic mass is 32.2. The molecule has 9 heteroatoms. The van der Waals surface area contributed by atoms with E-state index in [4.69, 9.17) is 0 Å². The van der Waals surface area contributed by atoms with Crippen molar-refractivity contribution in [1.29, 1.82) is 0 Å². The maximum absolute atomic E-state index is 12.8. The Morgan fingerprint density at radius 1 is 0.900 bits per heavy atom. The zero-order valence-electron chi connectivity index (χ0n) is 23.3. The molecule has 0 spiro atoms. The van der Waals surface area contributed by atoms with Crippen LogP contribution in [-0.4, -0.2) is 49.9 Å². The van der Waals surface area contributed by atoms with Crippen molar-refractivity contribution in [2.24, 2.45) is 0 Å². The minimum atomic E-state index is -3.58. The Balaban J connectivity index is 1.21. The first-order chi connectivity index (χ1) is 19.1. The van der Waals surface area contributed by atoms with Crippen molar-refractivity contribution in [3.63, 3.8) is 0 Å². The predicted octanol–water partition coefficient (Wildman–Crippen LogP) is 6.22. The number of aromatic nitrogens is 1. The molecule has 2 N–H and O–H groups in total. The molecule has 40 heavy (non-hydrogen) atoms. The fourth-order valence-electron chi connectivity index (χ4n) is 4.92.